The summed E-state index contributed by atoms with van der Waals surface area (Å²) < 4.78 is 10.5. The maximum Gasteiger partial charge on any atom is 0.306 e. The lowest BCUT2D eigenvalue weighted by Gasteiger charge is -1.99. The summed E-state index contributed by atoms with van der Waals surface area (Å²) in [7, 11) is 0. The molecule has 0 amide bonds. The molecule has 2 aromatic heterocycles. The van der Waals surface area contributed by atoms with Crippen LogP contribution in [0, 0.1) is 0 Å². The number of para-hydroxylation sites is 1. The first kappa shape index (κ1) is 13.8. The zero-order chi connectivity index (χ0) is 14.7. The molecule has 3 rings (SSSR count). The second-order valence-corrected chi connectivity index (χ2v) is 5.45. The second kappa shape index (κ2) is 6.10. The number of hydrogen-bond donors (Lipinski definition) is 0. The Hall–Kier alpha value is -2.14. The third-order valence-corrected chi connectivity index (χ3v) is 4.08. The first-order chi connectivity index (χ1) is 10.3. The molecule has 0 atom stereocenters. The molecule has 0 spiro atoms. The molecule has 21 heavy (non-hydrogen) atoms. The number of carbonyl (C=O) groups is 1. The Morgan fingerprint density at radius 3 is 3.10 bits per heavy atom. The minimum Gasteiger partial charge on any atom is -0.466 e. The van der Waals surface area contributed by atoms with E-state index in [4.69, 9.17) is 9.15 Å². The van der Waals surface area contributed by atoms with Crippen molar-refractivity contribution in [3.05, 3.63) is 41.6 Å². The normalized spacial score (nSPS) is 10.9. The Morgan fingerprint density at radius 2 is 2.24 bits per heavy atom. The lowest BCUT2D eigenvalue weighted by molar-refractivity contribution is -0.143. The van der Waals surface area contributed by atoms with E-state index < -0.39 is 0 Å². The Balaban J connectivity index is 1.77. The van der Waals surface area contributed by atoms with Gasteiger partial charge in [-0.15, -0.1) is 11.3 Å². The average molecular weight is 301 g/mol. The number of aryl methyl sites for hydroxylation is 1. The zero-order valence-electron chi connectivity index (χ0n) is 11.7. The molecule has 0 radical (unpaired) electrons. The number of ether oxygens (including phenoxy) is 1. The van der Waals surface area contributed by atoms with E-state index in [-0.39, 0.29) is 5.97 Å². The first-order valence-electron chi connectivity index (χ1n) is 6.84. The number of esters is 1. The number of furan rings is 1. The van der Waals surface area contributed by atoms with Gasteiger partial charge in [0.05, 0.1) is 24.3 Å². The molecule has 1 aromatic carbocycles. The fourth-order valence-corrected chi connectivity index (χ4v) is 3.03. The third kappa shape index (κ3) is 2.97. The highest BCUT2D eigenvalue weighted by molar-refractivity contribution is 7.13. The molecule has 0 aliphatic rings. The van der Waals surface area contributed by atoms with Gasteiger partial charge in [-0.25, -0.2) is 4.98 Å². The van der Waals surface area contributed by atoms with E-state index in [1.54, 1.807) is 17.6 Å². The van der Waals surface area contributed by atoms with Gasteiger partial charge < -0.3 is 9.15 Å². The van der Waals surface area contributed by atoms with Gasteiger partial charge in [0.25, 0.3) is 0 Å². The van der Waals surface area contributed by atoms with Crippen LogP contribution in [0.3, 0.4) is 0 Å². The number of aromatic nitrogens is 1. The maximum atomic E-state index is 11.4. The maximum absolute atomic E-state index is 11.4. The molecule has 0 saturated carbocycles. The van der Waals surface area contributed by atoms with E-state index in [0.29, 0.717) is 19.4 Å². The van der Waals surface area contributed by atoms with Crippen molar-refractivity contribution in [3.8, 4) is 10.6 Å². The van der Waals surface area contributed by atoms with Crippen molar-refractivity contribution in [2.24, 2.45) is 0 Å². The van der Waals surface area contributed by atoms with Crippen molar-refractivity contribution in [2.45, 2.75) is 19.8 Å². The van der Waals surface area contributed by atoms with Crippen LogP contribution in [0.5, 0.6) is 0 Å². The van der Waals surface area contributed by atoms with E-state index in [2.05, 4.69) is 4.98 Å². The van der Waals surface area contributed by atoms with E-state index in [9.17, 15) is 4.79 Å². The van der Waals surface area contributed by atoms with Gasteiger partial charge in [0, 0.05) is 17.2 Å². The number of hydrogen-bond acceptors (Lipinski definition) is 5. The Bertz CT molecular complexity index is 760. The van der Waals surface area contributed by atoms with Crippen LogP contribution >= 0.6 is 11.3 Å². The summed E-state index contributed by atoms with van der Waals surface area (Å²) in [6, 6.07) is 7.89. The minimum absolute atomic E-state index is 0.180. The van der Waals surface area contributed by atoms with Crippen LogP contribution in [0.4, 0.5) is 0 Å². The molecule has 0 bridgehead atoms. The SMILES string of the molecule is CCOC(=O)CCc1csc(-c2coc3ccccc23)n1. The van der Waals surface area contributed by atoms with E-state index in [1.165, 1.54) is 0 Å². The van der Waals surface area contributed by atoms with Gasteiger partial charge >= 0.3 is 5.97 Å². The van der Waals surface area contributed by atoms with Crippen LogP contribution in [0.1, 0.15) is 19.0 Å². The topological polar surface area (TPSA) is 52.3 Å². The Kier molecular flexibility index (Phi) is 4.01. The summed E-state index contributed by atoms with van der Waals surface area (Å²) in [4.78, 5) is 16.0. The summed E-state index contributed by atoms with van der Waals surface area (Å²) in [5.74, 6) is -0.180. The second-order valence-electron chi connectivity index (χ2n) is 4.59. The molecule has 0 N–H and O–H groups in total. The fraction of sp³-hybridized carbons (Fsp3) is 0.250. The van der Waals surface area contributed by atoms with Crippen molar-refractivity contribution in [3.63, 3.8) is 0 Å². The van der Waals surface area contributed by atoms with Crippen LogP contribution < -0.4 is 0 Å². The van der Waals surface area contributed by atoms with Crippen molar-refractivity contribution < 1.29 is 13.9 Å². The van der Waals surface area contributed by atoms with Crippen molar-refractivity contribution in [2.75, 3.05) is 6.61 Å². The number of rotatable bonds is 5. The molecule has 3 aromatic rings. The highest BCUT2D eigenvalue weighted by atomic mass is 32.1. The molecular formula is C16H15NO3S. The summed E-state index contributed by atoms with van der Waals surface area (Å²) in [5.41, 5.74) is 2.77. The quantitative estimate of drug-likeness (QED) is 0.667. The fourth-order valence-electron chi connectivity index (χ4n) is 2.15. The van der Waals surface area contributed by atoms with Gasteiger partial charge in [-0.2, -0.15) is 0 Å². The van der Waals surface area contributed by atoms with Crippen LogP contribution in [0.15, 0.2) is 40.3 Å². The van der Waals surface area contributed by atoms with E-state index in [0.717, 1.165) is 27.2 Å². The highest BCUT2D eigenvalue weighted by Crippen LogP contribution is 2.32. The number of carbonyl (C=O) groups excluding carboxylic acids is 1. The first-order valence-corrected chi connectivity index (χ1v) is 7.72. The predicted molar refractivity (Wildman–Crippen MR) is 82.3 cm³/mol. The standard InChI is InChI=1S/C16H15NO3S/c1-2-19-15(18)8-7-11-10-21-16(17-11)13-9-20-14-6-4-3-5-12(13)14/h3-6,9-10H,2,7-8H2,1H3. The molecule has 0 unspecified atom stereocenters. The van der Waals surface area contributed by atoms with Crippen LogP contribution in [-0.2, 0) is 16.0 Å². The third-order valence-electron chi connectivity index (χ3n) is 3.15. The van der Waals surface area contributed by atoms with Gasteiger partial charge in [-0.05, 0) is 13.0 Å². The Morgan fingerprint density at radius 1 is 1.38 bits per heavy atom. The van der Waals surface area contributed by atoms with Crippen molar-refractivity contribution >= 4 is 28.3 Å². The van der Waals surface area contributed by atoms with Crippen LogP contribution in [0.25, 0.3) is 21.5 Å². The number of nitrogens with zero attached hydrogens (tertiary/aromatic N) is 1. The largest absolute Gasteiger partial charge is 0.466 e. The lowest BCUT2D eigenvalue weighted by atomic mass is 10.2. The molecule has 0 fully saturated rings. The highest BCUT2D eigenvalue weighted by Gasteiger charge is 2.12. The van der Waals surface area contributed by atoms with Crippen molar-refractivity contribution in [1.82, 2.24) is 4.98 Å². The minimum atomic E-state index is -0.180. The number of fused-ring (bicyclic) bond motifs is 1. The monoisotopic (exact) mass is 301 g/mol. The van der Waals surface area contributed by atoms with Crippen molar-refractivity contribution in [1.29, 1.82) is 0 Å². The molecule has 2 heterocycles. The zero-order valence-corrected chi connectivity index (χ0v) is 12.5. The summed E-state index contributed by atoms with van der Waals surface area (Å²) in [6.45, 7) is 2.23. The molecule has 0 aliphatic heterocycles. The van der Waals surface area contributed by atoms with Gasteiger partial charge in [0.1, 0.15) is 16.9 Å². The van der Waals surface area contributed by atoms with Crippen LogP contribution in [-0.4, -0.2) is 17.6 Å². The number of thiazole rings is 1. The van der Waals surface area contributed by atoms with Gasteiger partial charge in [0.2, 0.25) is 0 Å². The molecule has 0 saturated heterocycles. The van der Waals surface area contributed by atoms with E-state index in [1.807, 2.05) is 36.6 Å². The molecule has 5 heteroatoms. The summed E-state index contributed by atoms with van der Waals surface area (Å²) in [5, 5.41) is 3.96. The van der Waals surface area contributed by atoms with Gasteiger partial charge in [0.15, 0.2) is 0 Å². The van der Waals surface area contributed by atoms with Gasteiger partial charge in [-0.1, -0.05) is 18.2 Å². The lowest BCUT2D eigenvalue weighted by Crippen LogP contribution is -2.05. The smallest absolute Gasteiger partial charge is 0.306 e. The van der Waals surface area contributed by atoms with E-state index >= 15 is 0 Å². The van der Waals surface area contributed by atoms with Gasteiger partial charge in [-0.3, -0.25) is 4.79 Å². The summed E-state index contributed by atoms with van der Waals surface area (Å²) >= 11 is 1.56. The molecule has 4 nitrogen and oxygen atoms in total. The predicted octanol–water partition coefficient (Wildman–Crippen LogP) is 4.05. The van der Waals surface area contributed by atoms with Crippen LogP contribution in [0.2, 0.25) is 0 Å². The molecular weight excluding hydrogens is 286 g/mol. The molecule has 108 valence electrons. The summed E-state index contributed by atoms with van der Waals surface area (Å²) in [6.07, 6.45) is 2.70. The average Bonchev–Trinajstić information content (AvgIpc) is 3.12. The molecule has 0 aliphatic carbocycles. The number of benzene rings is 1. The Labute approximate surface area is 126 Å².